The molecule has 1 spiro atoms. The molecule has 3 rings (SSSR count). The van der Waals surface area contributed by atoms with Crippen LogP contribution in [0.15, 0.2) is 36.4 Å². The molecule has 8 nitrogen and oxygen atoms in total. The molecule has 1 fully saturated rings. The number of carbonyl (C=O) groups is 3. The van der Waals surface area contributed by atoms with Gasteiger partial charge in [0, 0.05) is 26.7 Å². The molecule has 8 heteroatoms. The summed E-state index contributed by atoms with van der Waals surface area (Å²) in [6.07, 6.45) is 6.02. The summed E-state index contributed by atoms with van der Waals surface area (Å²) in [5.41, 5.74) is -0.127. The Kier molecular flexibility index (Phi) is 7.46. The van der Waals surface area contributed by atoms with Crippen LogP contribution in [0.3, 0.4) is 0 Å². The molecule has 162 valence electrons. The molecule has 3 amide bonds. The van der Waals surface area contributed by atoms with E-state index in [-0.39, 0.29) is 24.3 Å². The Balaban J connectivity index is 1.76. The third-order valence-electron chi connectivity index (χ3n) is 5.62. The predicted molar refractivity (Wildman–Crippen MR) is 113 cm³/mol. The first-order chi connectivity index (χ1) is 14.5. The molecule has 30 heavy (non-hydrogen) atoms. The fourth-order valence-electron chi connectivity index (χ4n) is 4.02. The van der Waals surface area contributed by atoms with Gasteiger partial charge in [-0.2, -0.15) is 0 Å². The second kappa shape index (κ2) is 10.2. The third-order valence-corrected chi connectivity index (χ3v) is 5.62. The van der Waals surface area contributed by atoms with E-state index >= 15 is 0 Å². The highest BCUT2D eigenvalue weighted by Crippen LogP contribution is 2.34. The van der Waals surface area contributed by atoms with Crippen LogP contribution in [0.4, 0.5) is 0 Å². The fraction of sp³-hybridized carbons (Fsp3) is 0.500. The van der Waals surface area contributed by atoms with Gasteiger partial charge >= 0.3 is 0 Å². The van der Waals surface area contributed by atoms with E-state index in [9.17, 15) is 14.4 Å². The minimum atomic E-state index is -0.602. The summed E-state index contributed by atoms with van der Waals surface area (Å²) >= 11 is 0. The summed E-state index contributed by atoms with van der Waals surface area (Å²) in [7, 11) is 1.62. The largest absolute Gasteiger partial charge is 0.489 e. The number of rotatable bonds is 2. The Morgan fingerprint density at radius 2 is 2.00 bits per heavy atom. The van der Waals surface area contributed by atoms with Gasteiger partial charge in [-0.25, -0.2) is 0 Å². The number of nitrogens with zero attached hydrogens (tertiary/aromatic N) is 1. The standard InChI is InChI=1S/C22H30N4O4/c1-23-19(27)15-26-13-6-10-22(16-26)9-4-5-14-30-18-8-3-2-7-17(18)20(28)24-11-12-25-21(22)29/h2-5,7-8H,6,9-16H2,1H3,(H,23,27)(H,24,28)(H,25,29). The number of nitrogens with one attached hydrogen (secondary N) is 3. The van der Waals surface area contributed by atoms with Crippen molar-refractivity contribution in [1.29, 1.82) is 0 Å². The zero-order valence-corrected chi connectivity index (χ0v) is 17.4. The van der Waals surface area contributed by atoms with Crippen molar-refractivity contribution in [3.63, 3.8) is 0 Å². The summed E-state index contributed by atoms with van der Waals surface area (Å²) in [6.45, 7) is 2.57. The van der Waals surface area contributed by atoms with Crippen LogP contribution in [0.2, 0.25) is 0 Å². The molecule has 0 aliphatic carbocycles. The number of allylic oxidation sites excluding steroid dienone is 1. The van der Waals surface area contributed by atoms with Crippen molar-refractivity contribution in [1.82, 2.24) is 20.9 Å². The number of fused-ring (bicyclic) bond motifs is 1. The van der Waals surface area contributed by atoms with E-state index in [1.54, 1.807) is 25.2 Å². The smallest absolute Gasteiger partial charge is 0.255 e. The zero-order chi connectivity index (χ0) is 21.4. The lowest BCUT2D eigenvalue weighted by Crippen LogP contribution is -2.54. The van der Waals surface area contributed by atoms with Crippen molar-refractivity contribution in [2.24, 2.45) is 5.41 Å². The first-order valence-electron chi connectivity index (χ1n) is 10.4. The second-order valence-corrected chi connectivity index (χ2v) is 7.76. The van der Waals surface area contributed by atoms with Crippen LogP contribution in [0.25, 0.3) is 0 Å². The van der Waals surface area contributed by atoms with Gasteiger partial charge in [0.15, 0.2) is 0 Å². The SMILES string of the molecule is CNC(=O)CN1CCCC2(CC=CCOc3ccccc3C(=O)NCCNC2=O)C1. The van der Waals surface area contributed by atoms with E-state index < -0.39 is 5.41 Å². The van der Waals surface area contributed by atoms with Crippen LogP contribution in [0.5, 0.6) is 5.75 Å². The van der Waals surface area contributed by atoms with Gasteiger partial charge in [0.2, 0.25) is 11.8 Å². The van der Waals surface area contributed by atoms with Crippen LogP contribution < -0.4 is 20.7 Å². The average Bonchev–Trinajstić information content (AvgIpc) is 2.76. The lowest BCUT2D eigenvalue weighted by Gasteiger charge is -2.41. The third kappa shape index (κ3) is 5.38. The number of likely N-dealkylation sites (N-methyl/N-ethyl adjacent to an activating group) is 1. The summed E-state index contributed by atoms with van der Waals surface area (Å²) in [5.74, 6) is 0.204. The number of para-hydroxylation sites is 1. The molecular formula is C22H30N4O4. The maximum atomic E-state index is 13.1. The van der Waals surface area contributed by atoms with Gasteiger partial charge in [0.25, 0.3) is 5.91 Å². The van der Waals surface area contributed by atoms with Gasteiger partial charge in [-0.15, -0.1) is 0 Å². The van der Waals surface area contributed by atoms with E-state index in [2.05, 4.69) is 16.0 Å². The van der Waals surface area contributed by atoms with Gasteiger partial charge in [-0.1, -0.05) is 24.3 Å². The number of hydrogen-bond acceptors (Lipinski definition) is 5. The average molecular weight is 415 g/mol. The van der Waals surface area contributed by atoms with Crippen molar-refractivity contribution < 1.29 is 19.1 Å². The van der Waals surface area contributed by atoms with Crippen molar-refractivity contribution in [3.05, 3.63) is 42.0 Å². The van der Waals surface area contributed by atoms with Crippen molar-refractivity contribution in [2.75, 3.05) is 46.4 Å². The van der Waals surface area contributed by atoms with Crippen LogP contribution in [-0.4, -0.2) is 69.0 Å². The van der Waals surface area contributed by atoms with Gasteiger partial charge in [0.1, 0.15) is 12.4 Å². The monoisotopic (exact) mass is 414 g/mol. The quantitative estimate of drug-likeness (QED) is 0.619. The minimum absolute atomic E-state index is 0.0404. The Bertz CT molecular complexity index is 810. The Morgan fingerprint density at radius 1 is 1.20 bits per heavy atom. The first kappa shape index (κ1) is 21.8. The molecule has 0 radical (unpaired) electrons. The zero-order valence-electron chi connectivity index (χ0n) is 17.4. The number of benzene rings is 1. The predicted octanol–water partition coefficient (Wildman–Crippen LogP) is 0.700. The van der Waals surface area contributed by atoms with Gasteiger partial charge in [-0.05, 0) is 37.9 Å². The van der Waals surface area contributed by atoms with E-state index in [0.717, 1.165) is 19.4 Å². The normalized spacial score (nSPS) is 23.5. The molecule has 0 bridgehead atoms. The number of piperidine rings is 1. The topological polar surface area (TPSA) is 99.8 Å². The highest BCUT2D eigenvalue weighted by molar-refractivity contribution is 5.97. The van der Waals surface area contributed by atoms with Gasteiger partial charge in [-0.3, -0.25) is 19.3 Å². The number of likely N-dealkylation sites (tertiary alicyclic amines) is 1. The lowest BCUT2D eigenvalue weighted by atomic mass is 9.76. The van der Waals surface area contributed by atoms with E-state index in [4.69, 9.17) is 4.74 Å². The number of amides is 3. The molecule has 2 aliphatic heterocycles. The summed E-state index contributed by atoms with van der Waals surface area (Å²) in [6, 6.07) is 7.11. The van der Waals surface area contributed by atoms with Crippen molar-refractivity contribution in [2.45, 2.75) is 19.3 Å². The van der Waals surface area contributed by atoms with Gasteiger partial charge < -0.3 is 20.7 Å². The molecular weight excluding hydrogens is 384 g/mol. The molecule has 1 aromatic carbocycles. The van der Waals surface area contributed by atoms with E-state index in [0.29, 0.717) is 44.0 Å². The first-order valence-corrected chi connectivity index (χ1v) is 10.4. The maximum Gasteiger partial charge on any atom is 0.255 e. The lowest BCUT2D eigenvalue weighted by molar-refractivity contribution is -0.135. The number of hydrogen-bond donors (Lipinski definition) is 3. The highest BCUT2D eigenvalue weighted by Gasteiger charge is 2.41. The second-order valence-electron chi connectivity index (χ2n) is 7.76. The molecule has 1 atom stereocenters. The van der Waals surface area contributed by atoms with Crippen LogP contribution in [0.1, 0.15) is 29.6 Å². The summed E-state index contributed by atoms with van der Waals surface area (Å²) in [5, 5.41) is 8.46. The number of ether oxygens (including phenoxy) is 1. The summed E-state index contributed by atoms with van der Waals surface area (Å²) < 4.78 is 5.78. The summed E-state index contributed by atoms with van der Waals surface area (Å²) in [4.78, 5) is 39.4. The van der Waals surface area contributed by atoms with Crippen LogP contribution in [-0.2, 0) is 9.59 Å². The Labute approximate surface area is 177 Å². The molecule has 3 N–H and O–H groups in total. The molecule has 2 heterocycles. The Hall–Kier alpha value is -2.87. The molecule has 0 aromatic heterocycles. The molecule has 1 unspecified atom stereocenters. The molecule has 1 saturated heterocycles. The van der Waals surface area contributed by atoms with Crippen molar-refractivity contribution >= 4 is 17.7 Å². The maximum absolute atomic E-state index is 13.1. The molecule has 1 aromatic rings. The van der Waals surface area contributed by atoms with Gasteiger partial charge in [0.05, 0.1) is 17.5 Å². The van der Waals surface area contributed by atoms with E-state index in [1.807, 2.05) is 23.1 Å². The fourth-order valence-corrected chi connectivity index (χ4v) is 4.02. The molecule has 0 saturated carbocycles. The van der Waals surface area contributed by atoms with E-state index in [1.165, 1.54) is 0 Å². The highest BCUT2D eigenvalue weighted by atomic mass is 16.5. The Morgan fingerprint density at radius 3 is 2.83 bits per heavy atom. The number of carbonyl (C=O) groups excluding carboxylic acids is 3. The van der Waals surface area contributed by atoms with Crippen molar-refractivity contribution in [3.8, 4) is 5.75 Å². The molecule has 2 aliphatic rings. The van der Waals surface area contributed by atoms with Crippen LogP contribution >= 0.6 is 0 Å². The van der Waals surface area contributed by atoms with Crippen LogP contribution in [0, 0.1) is 5.41 Å². The minimum Gasteiger partial charge on any atom is -0.489 e.